The van der Waals surface area contributed by atoms with Crippen LogP contribution in [0.4, 0.5) is 0 Å². The fraction of sp³-hybridized carbons (Fsp3) is 0.545. The second-order valence-corrected chi connectivity index (χ2v) is 12.1. The van der Waals surface area contributed by atoms with Crippen LogP contribution in [-0.2, 0) is 20.4 Å². The standard InChI is InChI=1S/C22H33Si.3ClH.Ti/c1-14-9-15(2)11-19(10-14)23-13-21-18(5)16(3)17(4)20(21)12-22(6,7)8;;;;/h9-11H,12-13,23H2,1-8H3;3*1H;/q;;;;+3/p-3. The maximum atomic E-state index is 2.51. The summed E-state index contributed by atoms with van der Waals surface area (Å²) in [7, 11) is -0.271. The van der Waals surface area contributed by atoms with Gasteiger partial charge in [0.2, 0.25) is 0 Å². The van der Waals surface area contributed by atoms with Gasteiger partial charge in [-0.1, -0.05) is 0 Å². The second kappa shape index (κ2) is 11.0. The molecule has 0 nitrogen and oxygen atoms in total. The quantitative estimate of drug-likeness (QED) is 0.391. The number of allylic oxidation sites excluding steroid dienone is 4. The normalized spacial score (nSPS) is 19.9. The van der Waals surface area contributed by atoms with Gasteiger partial charge < -0.3 is 37.2 Å². The van der Waals surface area contributed by atoms with Gasteiger partial charge in [0.15, 0.2) is 0 Å². The molecule has 1 unspecified atom stereocenters. The van der Waals surface area contributed by atoms with Crippen LogP contribution in [0.2, 0.25) is 9.76 Å². The van der Waals surface area contributed by atoms with Crippen LogP contribution in [-0.4, -0.2) is 9.52 Å². The first kappa shape index (κ1) is 29.7. The van der Waals surface area contributed by atoms with Crippen molar-refractivity contribution in [2.45, 2.75) is 71.6 Å². The molecular weight excluding hydrogens is 447 g/mol. The smallest absolute Gasteiger partial charge is 1.00 e. The van der Waals surface area contributed by atoms with E-state index < -0.39 is 0 Å². The van der Waals surface area contributed by atoms with Crippen LogP contribution in [0.1, 0.15) is 59.1 Å². The van der Waals surface area contributed by atoms with E-state index in [4.69, 9.17) is 0 Å². The first-order chi connectivity index (χ1) is 10.9. The summed E-state index contributed by atoms with van der Waals surface area (Å²) in [6.45, 7) is 18.6. The summed E-state index contributed by atoms with van der Waals surface area (Å²) in [4.78, 5) is 0. The van der Waals surface area contributed by atoms with E-state index in [1.165, 1.54) is 23.6 Å². The Labute approximate surface area is 199 Å². The van der Waals surface area contributed by atoms with Crippen LogP contribution < -0.4 is 42.4 Å². The topological polar surface area (TPSA) is 0 Å². The Kier molecular flexibility index (Phi) is 12.1. The van der Waals surface area contributed by atoms with Crippen molar-refractivity contribution in [2.24, 2.45) is 5.41 Å². The van der Waals surface area contributed by atoms with E-state index >= 15 is 0 Å². The third-order valence-electron chi connectivity index (χ3n) is 5.51. The van der Waals surface area contributed by atoms with Gasteiger partial charge in [-0.25, -0.2) is 0 Å². The van der Waals surface area contributed by atoms with Crippen molar-refractivity contribution in [1.29, 1.82) is 0 Å². The zero-order chi connectivity index (χ0) is 18.3. The molecule has 0 heterocycles. The van der Waals surface area contributed by atoms with Crippen LogP contribution in [0.15, 0.2) is 40.5 Å². The molecule has 0 aliphatic heterocycles. The Morgan fingerprint density at radius 3 is 1.78 bits per heavy atom. The number of hydrogen-bond acceptors (Lipinski definition) is 0. The first-order valence-electron chi connectivity index (χ1n) is 9.15. The fourth-order valence-electron chi connectivity index (χ4n) is 4.07. The summed E-state index contributed by atoms with van der Waals surface area (Å²) in [5.41, 5.74) is 9.63. The Morgan fingerprint density at radius 2 is 1.33 bits per heavy atom. The van der Waals surface area contributed by atoms with Crippen molar-refractivity contribution in [2.75, 3.05) is 0 Å². The van der Waals surface area contributed by atoms with Crippen molar-refractivity contribution in [3.8, 4) is 0 Å². The number of rotatable bonds is 4. The van der Waals surface area contributed by atoms with Gasteiger partial charge in [0.05, 0.1) is 0 Å². The maximum Gasteiger partial charge on any atom is -1.00 e. The monoisotopic (exact) mass is 478 g/mol. The maximum absolute atomic E-state index is 2.51. The van der Waals surface area contributed by atoms with Crippen molar-refractivity contribution < 1.29 is 57.7 Å². The van der Waals surface area contributed by atoms with Gasteiger partial charge in [-0.15, -0.1) is 0 Å². The third-order valence-corrected chi connectivity index (χ3v) is 9.72. The Hall–Kier alpha value is 0.501. The summed E-state index contributed by atoms with van der Waals surface area (Å²) in [6, 6.07) is 8.48. The van der Waals surface area contributed by atoms with Gasteiger partial charge in [0, 0.05) is 0 Å². The van der Waals surface area contributed by atoms with Crippen LogP contribution in [0.3, 0.4) is 0 Å². The number of hydrogen-bond donors (Lipinski definition) is 0. The summed E-state index contributed by atoms with van der Waals surface area (Å²) in [5, 5.41) is 1.62. The molecular formula is C22H33Cl3SiTi. The van der Waals surface area contributed by atoms with Crippen molar-refractivity contribution in [3.63, 3.8) is 0 Å². The third kappa shape index (κ3) is 7.05. The average Bonchev–Trinajstić information content (AvgIpc) is 2.59. The van der Waals surface area contributed by atoms with Gasteiger partial charge in [0.25, 0.3) is 0 Å². The molecule has 0 amide bonds. The zero-order valence-corrected chi connectivity index (χ0v) is 23.2. The largest absolute Gasteiger partial charge is 1.00 e. The Bertz CT molecular complexity index is 697. The number of aryl methyl sites for hydroxylation is 2. The molecule has 2 rings (SSSR count). The van der Waals surface area contributed by atoms with Crippen LogP contribution in [0.5, 0.6) is 0 Å². The van der Waals surface area contributed by atoms with E-state index in [-0.39, 0.29) is 50.5 Å². The van der Waals surface area contributed by atoms with E-state index in [9.17, 15) is 0 Å². The fourth-order valence-corrected chi connectivity index (χ4v) is 7.65. The summed E-state index contributed by atoms with van der Waals surface area (Å²) >= 11 is 2.51. The molecule has 0 aromatic heterocycles. The molecule has 0 spiro atoms. The minimum atomic E-state index is -0.271. The van der Waals surface area contributed by atoms with Crippen LogP contribution in [0, 0.1) is 19.3 Å². The molecule has 1 aromatic rings. The molecule has 0 N–H and O–H groups in total. The van der Waals surface area contributed by atoms with Gasteiger partial charge >= 0.3 is 164 Å². The minimum Gasteiger partial charge on any atom is -1.00 e. The average molecular weight is 480 g/mol. The molecule has 0 fully saturated rings. The Balaban J connectivity index is 0. The van der Waals surface area contributed by atoms with E-state index in [0.717, 1.165) is 0 Å². The molecule has 1 atom stereocenters. The van der Waals surface area contributed by atoms with E-state index in [0.29, 0.717) is 5.41 Å². The van der Waals surface area contributed by atoms with Crippen molar-refractivity contribution in [3.05, 3.63) is 51.6 Å². The SMILES string of the molecule is CC1=C(C)[C]([Ti+3])(C[SiH2]c2cc(C)cc(C)c2)C(CC(C)(C)C)=C1C.[Cl-].[Cl-].[Cl-]. The molecule has 150 valence electrons. The van der Waals surface area contributed by atoms with Gasteiger partial charge in [-0.05, 0) is 0 Å². The van der Waals surface area contributed by atoms with E-state index in [1.54, 1.807) is 27.5 Å². The Morgan fingerprint density at radius 1 is 0.852 bits per heavy atom. The molecule has 0 saturated heterocycles. The molecule has 1 aliphatic carbocycles. The first-order valence-corrected chi connectivity index (χ1v) is 11.6. The predicted octanol–water partition coefficient (Wildman–Crippen LogP) is -3.66. The predicted molar refractivity (Wildman–Crippen MR) is 107 cm³/mol. The van der Waals surface area contributed by atoms with Gasteiger partial charge in [0.1, 0.15) is 0 Å². The summed E-state index contributed by atoms with van der Waals surface area (Å²) in [5.74, 6) is 0. The molecule has 5 heteroatoms. The number of benzene rings is 1. The van der Waals surface area contributed by atoms with Crippen molar-refractivity contribution in [1.82, 2.24) is 0 Å². The van der Waals surface area contributed by atoms with Crippen molar-refractivity contribution >= 4 is 14.7 Å². The van der Waals surface area contributed by atoms with Gasteiger partial charge in [-0.3, -0.25) is 0 Å². The number of halogens is 3. The molecule has 1 aliphatic rings. The van der Waals surface area contributed by atoms with Gasteiger partial charge in [-0.2, -0.15) is 0 Å². The molecule has 27 heavy (non-hydrogen) atoms. The minimum absolute atomic E-state index is 0. The molecule has 1 aromatic carbocycles. The molecule has 0 radical (unpaired) electrons. The molecule has 0 bridgehead atoms. The summed E-state index contributed by atoms with van der Waals surface area (Å²) in [6.07, 6.45) is 1.21. The molecule has 0 saturated carbocycles. The van der Waals surface area contributed by atoms with Crippen LogP contribution >= 0.6 is 0 Å². The second-order valence-electron chi connectivity index (χ2n) is 8.99. The zero-order valence-electron chi connectivity index (χ0n) is 18.0. The van der Waals surface area contributed by atoms with E-state index in [1.807, 2.05) is 0 Å². The van der Waals surface area contributed by atoms with Crippen LogP contribution in [0.25, 0.3) is 0 Å². The van der Waals surface area contributed by atoms with E-state index in [2.05, 4.69) is 94.0 Å². The summed E-state index contributed by atoms with van der Waals surface area (Å²) < 4.78 is 0.283.